The summed E-state index contributed by atoms with van der Waals surface area (Å²) in [6.45, 7) is 0.600. The predicted molar refractivity (Wildman–Crippen MR) is 93.7 cm³/mol. The maximum absolute atomic E-state index is 5.50. The fourth-order valence-electron chi connectivity index (χ4n) is 1.89. The number of hydrogen-bond acceptors (Lipinski definition) is 3. The summed E-state index contributed by atoms with van der Waals surface area (Å²) in [5, 5.41) is 6.57. The second-order valence-electron chi connectivity index (χ2n) is 4.85. The van der Waals surface area contributed by atoms with E-state index >= 15 is 0 Å². The van der Waals surface area contributed by atoms with Crippen LogP contribution in [0.2, 0.25) is 0 Å². The summed E-state index contributed by atoms with van der Waals surface area (Å²) >= 11 is 0. The molecular weight excluding hydrogens is 379 g/mol. The third-order valence-electron chi connectivity index (χ3n) is 3.15. The van der Waals surface area contributed by atoms with Gasteiger partial charge in [-0.05, 0) is 25.0 Å². The standard InChI is InChI=1S/C15H18N4O.HI/c1-16-15(19-12-7-8-12)17-9-13-10-20-14(18-13)11-5-3-2-4-6-11;/h2-6,10,12H,7-9H2,1H3,(H2,16,17,19);1H. The molecule has 0 atom stereocenters. The van der Waals surface area contributed by atoms with Crippen LogP contribution in [0.3, 0.4) is 0 Å². The van der Waals surface area contributed by atoms with Gasteiger partial charge in [-0.2, -0.15) is 0 Å². The minimum atomic E-state index is 0. The number of hydrogen-bond donors (Lipinski definition) is 2. The third kappa shape index (κ3) is 4.45. The highest BCUT2D eigenvalue weighted by atomic mass is 127. The molecule has 5 nitrogen and oxygen atoms in total. The Morgan fingerprint density at radius 3 is 2.76 bits per heavy atom. The van der Waals surface area contributed by atoms with Gasteiger partial charge in [-0.25, -0.2) is 4.98 Å². The number of benzene rings is 1. The van der Waals surface area contributed by atoms with E-state index < -0.39 is 0 Å². The molecule has 0 aliphatic heterocycles. The molecule has 0 radical (unpaired) electrons. The van der Waals surface area contributed by atoms with Gasteiger partial charge in [-0.1, -0.05) is 18.2 Å². The molecule has 2 N–H and O–H groups in total. The summed E-state index contributed by atoms with van der Waals surface area (Å²) in [5.41, 5.74) is 1.85. The predicted octanol–water partition coefficient (Wildman–Crippen LogP) is 2.79. The van der Waals surface area contributed by atoms with E-state index in [1.165, 1.54) is 12.8 Å². The van der Waals surface area contributed by atoms with Crippen LogP contribution in [-0.4, -0.2) is 24.0 Å². The Morgan fingerprint density at radius 2 is 2.10 bits per heavy atom. The smallest absolute Gasteiger partial charge is 0.226 e. The lowest BCUT2D eigenvalue weighted by Gasteiger charge is -2.09. The van der Waals surface area contributed by atoms with Gasteiger partial charge in [0.2, 0.25) is 5.89 Å². The van der Waals surface area contributed by atoms with Crippen LogP contribution in [0.25, 0.3) is 11.5 Å². The van der Waals surface area contributed by atoms with Gasteiger partial charge < -0.3 is 15.1 Å². The second kappa shape index (κ2) is 7.44. The van der Waals surface area contributed by atoms with Crippen molar-refractivity contribution in [3.63, 3.8) is 0 Å². The summed E-state index contributed by atoms with van der Waals surface area (Å²) in [4.78, 5) is 8.65. The molecule has 0 amide bonds. The summed E-state index contributed by atoms with van der Waals surface area (Å²) < 4.78 is 5.50. The molecule has 21 heavy (non-hydrogen) atoms. The van der Waals surface area contributed by atoms with Gasteiger partial charge in [0.1, 0.15) is 6.26 Å². The Morgan fingerprint density at radius 1 is 1.33 bits per heavy atom. The van der Waals surface area contributed by atoms with Crippen molar-refractivity contribution >= 4 is 29.9 Å². The molecule has 112 valence electrons. The zero-order valence-electron chi connectivity index (χ0n) is 11.9. The number of halogens is 1. The van der Waals surface area contributed by atoms with Gasteiger partial charge in [-0.15, -0.1) is 24.0 Å². The SMILES string of the molecule is CN=C(NCc1coc(-c2ccccc2)n1)NC1CC1.I. The monoisotopic (exact) mass is 398 g/mol. The normalized spacial score (nSPS) is 14.4. The Balaban J connectivity index is 0.00000161. The number of rotatable bonds is 4. The first-order chi connectivity index (χ1) is 9.85. The second-order valence-corrected chi connectivity index (χ2v) is 4.85. The maximum atomic E-state index is 5.50. The molecule has 1 fully saturated rings. The van der Waals surface area contributed by atoms with E-state index in [1.54, 1.807) is 13.3 Å². The number of aromatic nitrogens is 1. The number of nitrogens with zero attached hydrogens (tertiary/aromatic N) is 2. The van der Waals surface area contributed by atoms with Crippen LogP contribution in [0.5, 0.6) is 0 Å². The van der Waals surface area contributed by atoms with Crippen LogP contribution in [-0.2, 0) is 6.54 Å². The summed E-state index contributed by atoms with van der Waals surface area (Å²) in [6.07, 6.45) is 4.13. The fraction of sp³-hybridized carbons (Fsp3) is 0.333. The van der Waals surface area contributed by atoms with Crippen molar-refractivity contribution in [3.8, 4) is 11.5 Å². The lowest BCUT2D eigenvalue weighted by atomic mass is 10.2. The molecule has 0 bridgehead atoms. The molecule has 1 aliphatic carbocycles. The molecule has 1 heterocycles. The Kier molecular flexibility index (Phi) is 5.60. The average Bonchev–Trinajstić information content (AvgIpc) is 3.19. The van der Waals surface area contributed by atoms with Crippen molar-refractivity contribution in [2.45, 2.75) is 25.4 Å². The largest absolute Gasteiger partial charge is 0.444 e. The molecule has 1 aromatic carbocycles. The van der Waals surface area contributed by atoms with E-state index in [-0.39, 0.29) is 24.0 Å². The van der Waals surface area contributed by atoms with Crippen LogP contribution in [0.15, 0.2) is 46.0 Å². The molecule has 1 aromatic heterocycles. The Bertz CT molecular complexity index is 593. The molecule has 3 rings (SSSR count). The topological polar surface area (TPSA) is 62.5 Å². The quantitative estimate of drug-likeness (QED) is 0.473. The van der Waals surface area contributed by atoms with Crippen molar-refractivity contribution in [1.82, 2.24) is 15.6 Å². The molecule has 1 saturated carbocycles. The van der Waals surface area contributed by atoms with Crippen molar-refractivity contribution in [2.75, 3.05) is 7.05 Å². The molecule has 0 unspecified atom stereocenters. The van der Waals surface area contributed by atoms with E-state index in [4.69, 9.17) is 4.42 Å². The Hall–Kier alpha value is -1.57. The molecule has 0 spiro atoms. The summed E-state index contributed by atoms with van der Waals surface area (Å²) in [6, 6.07) is 10.5. The van der Waals surface area contributed by atoms with Gasteiger partial charge in [0.15, 0.2) is 5.96 Å². The van der Waals surface area contributed by atoms with Crippen LogP contribution < -0.4 is 10.6 Å². The van der Waals surface area contributed by atoms with E-state index in [2.05, 4.69) is 20.6 Å². The van der Waals surface area contributed by atoms with Crippen molar-refractivity contribution in [1.29, 1.82) is 0 Å². The molecule has 0 saturated heterocycles. The van der Waals surface area contributed by atoms with Crippen LogP contribution in [0.1, 0.15) is 18.5 Å². The fourth-order valence-corrected chi connectivity index (χ4v) is 1.89. The first-order valence-corrected chi connectivity index (χ1v) is 6.82. The van der Waals surface area contributed by atoms with Gasteiger partial charge >= 0.3 is 0 Å². The van der Waals surface area contributed by atoms with E-state index in [0.29, 0.717) is 18.5 Å². The molecule has 6 heteroatoms. The minimum absolute atomic E-state index is 0. The van der Waals surface area contributed by atoms with Crippen LogP contribution >= 0.6 is 24.0 Å². The summed E-state index contributed by atoms with van der Waals surface area (Å²) in [5.74, 6) is 1.46. The third-order valence-corrected chi connectivity index (χ3v) is 3.15. The lowest BCUT2D eigenvalue weighted by Crippen LogP contribution is -2.38. The Labute approximate surface area is 141 Å². The van der Waals surface area contributed by atoms with Crippen molar-refractivity contribution in [3.05, 3.63) is 42.3 Å². The number of nitrogens with one attached hydrogen (secondary N) is 2. The zero-order valence-corrected chi connectivity index (χ0v) is 14.2. The maximum Gasteiger partial charge on any atom is 0.226 e. The summed E-state index contributed by atoms with van der Waals surface area (Å²) in [7, 11) is 1.77. The van der Waals surface area contributed by atoms with Crippen LogP contribution in [0, 0.1) is 0 Å². The number of oxazole rings is 1. The molecule has 1 aliphatic rings. The highest BCUT2D eigenvalue weighted by molar-refractivity contribution is 14.0. The number of guanidine groups is 1. The van der Waals surface area contributed by atoms with Crippen molar-refractivity contribution < 1.29 is 4.42 Å². The van der Waals surface area contributed by atoms with E-state index in [9.17, 15) is 0 Å². The van der Waals surface area contributed by atoms with Gasteiger partial charge in [0.05, 0.1) is 12.2 Å². The average molecular weight is 398 g/mol. The van der Waals surface area contributed by atoms with Gasteiger partial charge in [-0.3, -0.25) is 4.99 Å². The highest BCUT2D eigenvalue weighted by Crippen LogP contribution is 2.19. The zero-order chi connectivity index (χ0) is 13.8. The van der Waals surface area contributed by atoms with Crippen molar-refractivity contribution in [2.24, 2.45) is 4.99 Å². The number of aliphatic imine (C=N–C) groups is 1. The first-order valence-electron chi connectivity index (χ1n) is 6.82. The van der Waals surface area contributed by atoms with Crippen LogP contribution in [0.4, 0.5) is 0 Å². The van der Waals surface area contributed by atoms with Gasteiger partial charge in [0.25, 0.3) is 0 Å². The lowest BCUT2D eigenvalue weighted by molar-refractivity contribution is 0.572. The molecule has 2 aromatic rings. The van der Waals surface area contributed by atoms with Gasteiger partial charge in [0, 0.05) is 18.7 Å². The minimum Gasteiger partial charge on any atom is -0.444 e. The van der Waals surface area contributed by atoms with E-state index in [0.717, 1.165) is 17.2 Å². The first kappa shape index (κ1) is 15.8. The highest BCUT2D eigenvalue weighted by Gasteiger charge is 2.22. The molecular formula is C15H19IN4O. The van der Waals surface area contributed by atoms with E-state index in [1.807, 2.05) is 30.3 Å².